The summed E-state index contributed by atoms with van der Waals surface area (Å²) in [7, 11) is 0. The number of hydrogen-bond donors (Lipinski definition) is 2. The molecule has 1 aliphatic heterocycles. The average molecular weight is 507 g/mol. The van der Waals surface area contributed by atoms with Gasteiger partial charge in [0.1, 0.15) is 12.4 Å². The van der Waals surface area contributed by atoms with Crippen molar-refractivity contribution < 1.29 is 9.53 Å². The fourth-order valence-electron chi connectivity index (χ4n) is 5.28. The van der Waals surface area contributed by atoms with Crippen molar-refractivity contribution in [2.45, 2.75) is 31.4 Å². The molecule has 4 aromatic carbocycles. The summed E-state index contributed by atoms with van der Waals surface area (Å²) in [5, 5.41) is 7.97. The zero-order valence-electron chi connectivity index (χ0n) is 20.3. The first-order valence-electron chi connectivity index (χ1n) is 12.6. The lowest BCUT2D eigenvalue weighted by Gasteiger charge is -2.30. The Hall–Kier alpha value is -4.02. The summed E-state index contributed by atoms with van der Waals surface area (Å²) in [6.07, 6.45) is 1.19. The number of carbonyl (C=O) groups is 1. The Kier molecular flexibility index (Phi) is 6.42. The molecule has 4 aromatic rings. The van der Waals surface area contributed by atoms with Gasteiger partial charge in [-0.2, -0.15) is 0 Å². The fraction of sp³-hybridized carbons (Fsp3) is 0.156. The number of nitrogens with one attached hydrogen (secondary N) is 2. The maximum Gasteiger partial charge on any atom is 0.163 e. The van der Waals surface area contributed by atoms with E-state index in [9.17, 15) is 4.79 Å². The van der Waals surface area contributed by atoms with Crippen molar-refractivity contribution in [2.75, 3.05) is 10.6 Å². The number of allylic oxidation sites excluding steroid dienone is 1. The number of halogens is 1. The molecule has 5 heteroatoms. The first-order valence-corrected chi connectivity index (χ1v) is 12.9. The summed E-state index contributed by atoms with van der Waals surface area (Å²) >= 11 is 6.13. The number of hydrogen-bond acceptors (Lipinski definition) is 4. The highest BCUT2D eigenvalue weighted by atomic mass is 35.5. The molecular weight excluding hydrogens is 480 g/mol. The minimum absolute atomic E-state index is 0.0894. The van der Waals surface area contributed by atoms with Crippen LogP contribution < -0.4 is 15.4 Å². The molecule has 2 aliphatic rings. The molecule has 0 aromatic heterocycles. The molecule has 184 valence electrons. The number of fused-ring (bicyclic) bond motifs is 1. The molecule has 0 amide bonds. The topological polar surface area (TPSA) is 50.4 Å². The van der Waals surface area contributed by atoms with E-state index in [-0.39, 0.29) is 17.7 Å². The summed E-state index contributed by atoms with van der Waals surface area (Å²) in [4.78, 5) is 13.9. The Morgan fingerprint density at radius 2 is 1.49 bits per heavy atom. The van der Waals surface area contributed by atoms with Crippen LogP contribution in [0.4, 0.5) is 11.4 Å². The van der Waals surface area contributed by atoms with Gasteiger partial charge in [0.25, 0.3) is 0 Å². The molecule has 0 fully saturated rings. The first kappa shape index (κ1) is 23.4. The lowest BCUT2D eigenvalue weighted by molar-refractivity contribution is -0.116. The molecule has 0 radical (unpaired) electrons. The molecule has 0 saturated carbocycles. The Bertz CT molecular complexity index is 1460. The molecule has 37 heavy (non-hydrogen) atoms. The zero-order valence-corrected chi connectivity index (χ0v) is 21.0. The maximum atomic E-state index is 13.9. The van der Waals surface area contributed by atoms with Gasteiger partial charge in [0.05, 0.1) is 17.4 Å². The third-order valence-electron chi connectivity index (χ3n) is 7.12. The first-order chi connectivity index (χ1) is 18.2. The highest BCUT2D eigenvalue weighted by molar-refractivity contribution is 6.30. The van der Waals surface area contributed by atoms with Crippen molar-refractivity contribution in [3.8, 4) is 5.75 Å². The Morgan fingerprint density at radius 1 is 0.784 bits per heavy atom. The Labute approximate surface area is 221 Å². The summed E-state index contributed by atoms with van der Waals surface area (Å²) in [6.45, 7) is 0.456. The van der Waals surface area contributed by atoms with E-state index >= 15 is 0 Å². The Morgan fingerprint density at radius 3 is 2.30 bits per heavy atom. The summed E-state index contributed by atoms with van der Waals surface area (Å²) in [5.41, 5.74) is 6.81. The summed E-state index contributed by atoms with van der Waals surface area (Å²) in [5.74, 6) is 0.992. The number of ether oxygens (including phenoxy) is 1. The van der Waals surface area contributed by atoms with Crippen LogP contribution in [-0.2, 0) is 11.4 Å². The van der Waals surface area contributed by atoms with E-state index in [0.717, 1.165) is 51.5 Å². The smallest absolute Gasteiger partial charge is 0.163 e. The lowest BCUT2D eigenvalue weighted by Crippen LogP contribution is -2.27. The second-order valence-electron chi connectivity index (χ2n) is 9.53. The molecule has 0 unspecified atom stereocenters. The van der Waals surface area contributed by atoms with Crippen LogP contribution in [0.25, 0.3) is 0 Å². The minimum atomic E-state index is -0.336. The molecule has 2 N–H and O–H groups in total. The fourth-order valence-corrected chi connectivity index (χ4v) is 5.41. The minimum Gasteiger partial charge on any atom is -0.489 e. The van der Waals surface area contributed by atoms with Crippen LogP contribution in [0.3, 0.4) is 0 Å². The molecule has 0 saturated heterocycles. The van der Waals surface area contributed by atoms with Gasteiger partial charge in [-0.15, -0.1) is 0 Å². The van der Waals surface area contributed by atoms with Gasteiger partial charge in [0, 0.05) is 28.3 Å². The van der Waals surface area contributed by atoms with Crippen molar-refractivity contribution in [2.24, 2.45) is 0 Å². The van der Waals surface area contributed by atoms with E-state index < -0.39 is 0 Å². The second-order valence-corrected chi connectivity index (χ2v) is 9.97. The number of Topliss-reactive ketones (excluding diaryl/α,β-unsaturated/α-hetero) is 1. The van der Waals surface area contributed by atoms with Gasteiger partial charge in [0.15, 0.2) is 5.78 Å². The van der Waals surface area contributed by atoms with Gasteiger partial charge in [-0.1, -0.05) is 84.4 Å². The normalized spacial score (nSPS) is 18.7. The Balaban J connectivity index is 1.40. The molecule has 2 atom stereocenters. The predicted molar refractivity (Wildman–Crippen MR) is 149 cm³/mol. The SMILES string of the molecule is O=C1C[C@@H](c2ccc(Cl)cc2)CC2=C1[C@@H](c1ccccc1OCc1ccccc1)Nc1ccccc1N2. The highest BCUT2D eigenvalue weighted by Crippen LogP contribution is 2.45. The molecular formula is C32H27ClN2O2. The van der Waals surface area contributed by atoms with E-state index in [4.69, 9.17) is 16.3 Å². The molecule has 4 nitrogen and oxygen atoms in total. The van der Waals surface area contributed by atoms with Crippen LogP contribution in [-0.4, -0.2) is 5.78 Å². The molecule has 0 bridgehead atoms. The number of benzene rings is 4. The maximum absolute atomic E-state index is 13.9. The molecule has 6 rings (SSSR count). The third-order valence-corrected chi connectivity index (χ3v) is 7.37. The van der Waals surface area contributed by atoms with Crippen molar-refractivity contribution in [1.29, 1.82) is 0 Å². The van der Waals surface area contributed by atoms with Gasteiger partial charge in [-0.3, -0.25) is 4.79 Å². The summed E-state index contributed by atoms with van der Waals surface area (Å²) in [6, 6.07) is 33.7. The van der Waals surface area contributed by atoms with Crippen molar-refractivity contribution in [1.82, 2.24) is 0 Å². The standard InChI is InChI=1S/C32H27ClN2O2/c33-24-16-14-22(15-17-24)23-18-28-31(29(36)19-23)32(35-27-12-6-5-11-26(27)34-28)25-10-4-7-13-30(25)37-20-21-8-2-1-3-9-21/h1-17,23,32,34-35H,18-20H2/t23-,32+/m0/s1. The van der Waals surface area contributed by atoms with Crippen molar-refractivity contribution in [3.05, 3.63) is 136 Å². The number of carbonyl (C=O) groups excluding carboxylic acids is 1. The van der Waals surface area contributed by atoms with Gasteiger partial charge < -0.3 is 15.4 Å². The van der Waals surface area contributed by atoms with E-state index in [1.165, 1.54) is 0 Å². The highest BCUT2D eigenvalue weighted by Gasteiger charge is 2.37. The van der Waals surface area contributed by atoms with Gasteiger partial charge >= 0.3 is 0 Å². The van der Waals surface area contributed by atoms with Crippen LogP contribution in [0.15, 0.2) is 114 Å². The molecule has 1 aliphatic carbocycles. The zero-order chi connectivity index (χ0) is 25.2. The number of rotatable bonds is 5. The molecule has 1 heterocycles. The van der Waals surface area contributed by atoms with Crippen LogP contribution >= 0.6 is 11.6 Å². The molecule has 0 spiro atoms. The average Bonchev–Trinajstić information content (AvgIpc) is 3.10. The predicted octanol–water partition coefficient (Wildman–Crippen LogP) is 7.90. The van der Waals surface area contributed by atoms with Gasteiger partial charge in [-0.25, -0.2) is 0 Å². The van der Waals surface area contributed by atoms with Crippen LogP contribution in [0.5, 0.6) is 5.75 Å². The van der Waals surface area contributed by atoms with Gasteiger partial charge in [-0.05, 0) is 53.8 Å². The quantitative estimate of drug-likeness (QED) is 0.289. The van der Waals surface area contributed by atoms with E-state index in [1.807, 2.05) is 84.9 Å². The monoisotopic (exact) mass is 506 g/mol. The van der Waals surface area contributed by atoms with Crippen LogP contribution in [0, 0.1) is 0 Å². The second kappa shape index (κ2) is 10.2. The van der Waals surface area contributed by atoms with Crippen LogP contribution in [0.1, 0.15) is 41.5 Å². The van der Waals surface area contributed by atoms with E-state index in [0.29, 0.717) is 18.1 Å². The van der Waals surface area contributed by atoms with E-state index in [1.54, 1.807) is 0 Å². The number of para-hydroxylation sites is 3. The number of ketones is 1. The van der Waals surface area contributed by atoms with Crippen molar-refractivity contribution >= 4 is 28.8 Å². The lowest BCUT2D eigenvalue weighted by atomic mass is 9.78. The van der Waals surface area contributed by atoms with Crippen LogP contribution in [0.2, 0.25) is 5.02 Å². The van der Waals surface area contributed by atoms with Crippen molar-refractivity contribution in [3.63, 3.8) is 0 Å². The largest absolute Gasteiger partial charge is 0.489 e. The van der Waals surface area contributed by atoms with Gasteiger partial charge in [0.2, 0.25) is 0 Å². The third kappa shape index (κ3) is 4.85. The van der Waals surface area contributed by atoms with E-state index in [2.05, 4.69) is 28.8 Å². The summed E-state index contributed by atoms with van der Waals surface area (Å²) < 4.78 is 6.32. The number of anilines is 2.